The van der Waals surface area contributed by atoms with Crippen molar-refractivity contribution in [3.63, 3.8) is 0 Å². The van der Waals surface area contributed by atoms with Gasteiger partial charge in [-0.05, 0) is 143 Å². The second-order valence-electron chi connectivity index (χ2n) is 16.8. The minimum atomic E-state index is 0.599. The molecule has 8 bridgehead atoms. The van der Waals surface area contributed by atoms with Gasteiger partial charge in [-0.3, -0.25) is 0 Å². The summed E-state index contributed by atoms with van der Waals surface area (Å²) in [6, 6.07) is 40.4. The number of para-hydroxylation sites is 2. The highest BCUT2D eigenvalue weighted by Crippen LogP contribution is 2.42. The predicted molar refractivity (Wildman–Crippen MR) is 259 cm³/mol. The van der Waals surface area contributed by atoms with Crippen LogP contribution in [-0.2, 0) is 25.7 Å². The van der Waals surface area contributed by atoms with E-state index in [4.69, 9.17) is 18.9 Å². The maximum atomic E-state index is 6.93. The van der Waals surface area contributed by atoms with E-state index in [1.54, 1.807) is 0 Å². The first-order chi connectivity index (χ1) is 30.4. The van der Waals surface area contributed by atoms with Gasteiger partial charge in [0.05, 0.1) is 26.4 Å². The van der Waals surface area contributed by atoms with Crippen LogP contribution in [0.15, 0.2) is 135 Å². The molecule has 1 aliphatic rings. The lowest BCUT2D eigenvalue weighted by molar-refractivity contribution is 0.302. The normalized spacial score (nSPS) is 12.1. The molecule has 0 spiro atoms. The van der Waals surface area contributed by atoms with Crippen LogP contribution >= 0.6 is 0 Å². The smallest absolute Gasteiger partial charge is 0.126 e. The zero-order chi connectivity index (χ0) is 43.3. The van der Waals surface area contributed by atoms with Crippen LogP contribution in [0.2, 0.25) is 0 Å². The third kappa shape index (κ3) is 10.9. The summed E-state index contributed by atoms with van der Waals surface area (Å²) >= 11 is 0. The van der Waals surface area contributed by atoms with Gasteiger partial charge in [0, 0.05) is 25.7 Å². The molecule has 6 aromatic rings. The topological polar surface area (TPSA) is 36.9 Å². The van der Waals surface area contributed by atoms with Crippen LogP contribution in [0, 0.1) is 13.8 Å². The summed E-state index contributed by atoms with van der Waals surface area (Å²) in [4.78, 5) is 0. The Balaban J connectivity index is 1.51. The van der Waals surface area contributed by atoms with E-state index in [-0.39, 0.29) is 0 Å². The van der Waals surface area contributed by atoms with Gasteiger partial charge in [0.1, 0.15) is 23.0 Å². The van der Waals surface area contributed by atoms with E-state index in [1.165, 1.54) is 33.4 Å². The maximum absolute atomic E-state index is 6.93. The van der Waals surface area contributed by atoms with Crippen molar-refractivity contribution in [1.29, 1.82) is 0 Å². The Bertz CT molecular complexity index is 2180. The highest BCUT2D eigenvalue weighted by molar-refractivity contribution is 5.71. The third-order valence-electron chi connectivity index (χ3n) is 11.6. The van der Waals surface area contributed by atoms with Crippen LogP contribution in [0.25, 0.3) is 22.3 Å². The van der Waals surface area contributed by atoms with Crippen molar-refractivity contribution in [2.45, 2.75) is 91.9 Å². The predicted octanol–water partition coefficient (Wildman–Crippen LogP) is 14.6. The minimum Gasteiger partial charge on any atom is -0.493 e. The van der Waals surface area contributed by atoms with Crippen LogP contribution in [0.5, 0.6) is 23.0 Å². The molecule has 62 heavy (non-hydrogen) atoms. The van der Waals surface area contributed by atoms with Crippen LogP contribution in [0.1, 0.15) is 108 Å². The van der Waals surface area contributed by atoms with Gasteiger partial charge in [-0.1, -0.05) is 122 Å². The van der Waals surface area contributed by atoms with Gasteiger partial charge in [0.2, 0.25) is 0 Å². The van der Waals surface area contributed by atoms with Gasteiger partial charge in [0.25, 0.3) is 0 Å². The monoisotopic (exact) mass is 824 g/mol. The van der Waals surface area contributed by atoms with Crippen molar-refractivity contribution < 1.29 is 18.9 Å². The van der Waals surface area contributed by atoms with E-state index in [0.29, 0.717) is 52.1 Å². The Hall–Kier alpha value is -6.00. The van der Waals surface area contributed by atoms with Crippen molar-refractivity contribution in [1.82, 2.24) is 0 Å². The molecule has 6 aromatic carbocycles. The number of aryl methyl sites for hydroxylation is 2. The van der Waals surface area contributed by atoms with Crippen molar-refractivity contribution in [2.75, 3.05) is 26.4 Å². The molecule has 4 nitrogen and oxygen atoms in total. The third-order valence-corrected chi connectivity index (χ3v) is 11.6. The average Bonchev–Trinajstić information content (AvgIpc) is 3.27. The highest BCUT2D eigenvalue weighted by Gasteiger charge is 2.24. The first-order valence-electron chi connectivity index (χ1n) is 22.8. The highest BCUT2D eigenvalue weighted by atomic mass is 16.5. The molecule has 0 saturated carbocycles. The quantitative estimate of drug-likeness (QED) is 0.0638. The van der Waals surface area contributed by atoms with Gasteiger partial charge in [-0.15, -0.1) is 13.2 Å². The molecule has 0 saturated heterocycles. The summed E-state index contributed by atoms with van der Waals surface area (Å²) in [5, 5.41) is 0. The molecule has 7 rings (SSSR count). The zero-order valence-corrected chi connectivity index (χ0v) is 37.5. The average molecular weight is 825 g/mol. The van der Waals surface area contributed by atoms with E-state index in [2.05, 4.69) is 150 Å². The number of fused-ring (bicyclic) bond motifs is 8. The molecule has 320 valence electrons. The van der Waals surface area contributed by atoms with Gasteiger partial charge < -0.3 is 18.9 Å². The van der Waals surface area contributed by atoms with Crippen molar-refractivity contribution in [3.8, 4) is 45.3 Å². The molecule has 0 aliphatic heterocycles. The Morgan fingerprint density at radius 1 is 0.403 bits per heavy atom. The van der Waals surface area contributed by atoms with Crippen LogP contribution < -0.4 is 18.9 Å². The number of hydrogen-bond acceptors (Lipinski definition) is 4. The second-order valence-corrected chi connectivity index (χ2v) is 16.8. The Morgan fingerprint density at radius 2 is 0.710 bits per heavy atom. The van der Waals surface area contributed by atoms with Gasteiger partial charge in [-0.25, -0.2) is 0 Å². The number of benzene rings is 6. The largest absolute Gasteiger partial charge is 0.493 e. The number of hydrogen-bond donors (Lipinski definition) is 0. The lowest BCUT2D eigenvalue weighted by Crippen LogP contribution is -2.10. The summed E-state index contributed by atoms with van der Waals surface area (Å²) in [7, 11) is 0. The van der Waals surface area contributed by atoms with Gasteiger partial charge in [-0.2, -0.15) is 0 Å². The van der Waals surface area contributed by atoms with E-state index in [0.717, 1.165) is 106 Å². The summed E-state index contributed by atoms with van der Waals surface area (Å²) in [6.45, 7) is 19.0. The lowest BCUT2D eigenvalue weighted by Gasteiger charge is -2.24. The number of ether oxygens (including phenoxy) is 4. The molecular weight excluding hydrogens is 761 g/mol. The number of rotatable bonds is 18. The minimum absolute atomic E-state index is 0.599. The molecule has 0 atom stereocenters. The van der Waals surface area contributed by atoms with Crippen molar-refractivity contribution in [2.24, 2.45) is 0 Å². The van der Waals surface area contributed by atoms with Crippen LogP contribution in [-0.4, -0.2) is 26.4 Å². The SMILES string of the molecule is C=CCCCOc1c2cc(-c3ccc(C)cc3)cc1Cc1cccc(c1OCCC)Cc1cc(-c3ccc(C)cc3)cc(c1OCCCC=C)Cc1cccc(c1OCCC)C2. The van der Waals surface area contributed by atoms with E-state index >= 15 is 0 Å². The molecule has 0 unspecified atom stereocenters. The standard InChI is InChI=1S/C58H64O4/c1-7-11-13-31-61-57-51-33-45-17-15-19-47(55(45)59-29-9-3)35-53-39-50(44-27-23-42(6)24-28-44)40-54(58(53)62-32-14-12-8-2)36-48-20-16-18-46(56(48)60-30-10-4)34-52(57)38-49(37-51)43-25-21-41(5)22-26-43/h7-8,15-28,37-40H,1-2,9-14,29-36H2,3-6H3. The first kappa shape index (κ1) is 44.1. The fourth-order valence-corrected chi connectivity index (χ4v) is 8.47. The fourth-order valence-electron chi connectivity index (χ4n) is 8.47. The molecule has 1 aliphatic carbocycles. The summed E-state index contributed by atoms with van der Waals surface area (Å²) in [5.41, 5.74) is 16.3. The number of unbranched alkanes of at least 4 members (excludes halogenated alkanes) is 2. The molecule has 0 fully saturated rings. The first-order valence-corrected chi connectivity index (χ1v) is 22.8. The molecule has 4 heteroatoms. The summed E-state index contributed by atoms with van der Waals surface area (Å²) < 4.78 is 27.5. The number of allylic oxidation sites excluding steroid dienone is 2. The van der Waals surface area contributed by atoms with Crippen molar-refractivity contribution >= 4 is 0 Å². The molecule has 0 heterocycles. The second kappa shape index (κ2) is 21.7. The van der Waals surface area contributed by atoms with Crippen LogP contribution in [0.4, 0.5) is 0 Å². The summed E-state index contributed by atoms with van der Waals surface area (Å²) in [6.07, 6.45) is 11.9. The van der Waals surface area contributed by atoms with Gasteiger partial charge >= 0.3 is 0 Å². The Kier molecular flexibility index (Phi) is 15.4. The van der Waals surface area contributed by atoms with E-state index in [9.17, 15) is 0 Å². The van der Waals surface area contributed by atoms with Crippen molar-refractivity contribution in [3.05, 3.63) is 190 Å². The maximum Gasteiger partial charge on any atom is 0.126 e. The zero-order valence-electron chi connectivity index (χ0n) is 37.5. The van der Waals surface area contributed by atoms with Gasteiger partial charge in [0.15, 0.2) is 0 Å². The van der Waals surface area contributed by atoms with Crippen LogP contribution in [0.3, 0.4) is 0 Å². The van der Waals surface area contributed by atoms with E-state index in [1.807, 2.05) is 12.2 Å². The molecular formula is C58H64O4. The fraction of sp³-hybridized carbons (Fsp3) is 0.310. The Morgan fingerprint density at radius 3 is 1.02 bits per heavy atom. The lowest BCUT2D eigenvalue weighted by atomic mass is 9.88. The molecule has 0 N–H and O–H groups in total. The molecule has 0 aromatic heterocycles. The summed E-state index contributed by atoms with van der Waals surface area (Å²) in [5.74, 6) is 3.78. The molecule has 0 radical (unpaired) electrons. The van der Waals surface area contributed by atoms with E-state index < -0.39 is 0 Å². The molecule has 0 amide bonds. The Labute approximate surface area is 371 Å².